The number of thioether (sulfide) groups is 1. The Morgan fingerprint density at radius 1 is 1.20 bits per heavy atom. The van der Waals surface area contributed by atoms with E-state index in [-0.39, 0.29) is 0 Å². The second kappa shape index (κ2) is 6.83. The maximum atomic E-state index is 9.73. The van der Waals surface area contributed by atoms with Gasteiger partial charge >= 0.3 is 0 Å². The average molecular weight is 355 g/mol. The van der Waals surface area contributed by atoms with Crippen LogP contribution >= 0.6 is 11.8 Å². The van der Waals surface area contributed by atoms with E-state index in [2.05, 4.69) is 46.7 Å². The Bertz CT molecular complexity index is 763. The number of phenols is 1. The molecule has 3 nitrogen and oxygen atoms in total. The fourth-order valence-corrected chi connectivity index (χ4v) is 5.76. The van der Waals surface area contributed by atoms with E-state index >= 15 is 0 Å². The first-order valence-corrected chi connectivity index (χ1v) is 10.0. The van der Waals surface area contributed by atoms with Crippen LogP contribution in [0.25, 0.3) is 0 Å². The summed E-state index contributed by atoms with van der Waals surface area (Å²) in [6.45, 7) is 3.00. The fraction of sp³-hybridized carbons (Fsp3) is 0.429. The first-order chi connectivity index (χ1) is 12.1. The fourth-order valence-electron chi connectivity index (χ4n) is 4.16. The monoisotopic (exact) mass is 354 g/mol. The topological polar surface area (TPSA) is 44.3 Å². The summed E-state index contributed by atoms with van der Waals surface area (Å²) in [5.41, 5.74) is 3.33. The number of hydrogen-bond donors (Lipinski definition) is 3. The minimum absolute atomic E-state index is 0.321. The van der Waals surface area contributed by atoms with Gasteiger partial charge in [0.2, 0.25) is 0 Å². The van der Waals surface area contributed by atoms with E-state index in [4.69, 9.17) is 0 Å². The van der Waals surface area contributed by atoms with Crippen LogP contribution in [0.4, 0.5) is 11.4 Å². The van der Waals surface area contributed by atoms with Gasteiger partial charge in [-0.2, -0.15) is 0 Å². The van der Waals surface area contributed by atoms with Crippen LogP contribution in [0, 0.1) is 6.92 Å². The highest BCUT2D eigenvalue weighted by atomic mass is 32.2. The Labute approximate surface area is 154 Å². The SMILES string of the molecule is Cc1cc(N[C@H]2CCCC3(CCNc4ccccc4S3)C2)ccc1O. The van der Waals surface area contributed by atoms with E-state index in [1.807, 2.05) is 19.1 Å². The molecule has 132 valence electrons. The van der Waals surface area contributed by atoms with Crippen LogP contribution in [0.15, 0.2) is 47.4 Å². The van der Waals surface area contributed by atoms with Crippen molar-refractivity contribution in [2.75, 3.05) is 17.2 Å². The molecule has 1 aliphatic heterocycles. The van der Waals surface area contributed by atoms with E-state index in [0.717, 1.165) is 17.8 Å². The van der Waals surface area contributed by atoms with E-state index < -0.39 is 0 Å². The third-order valence-corrected chi connectivity index (χ3v) is 7.06. The highest BCUT2D eigenvalue weighted by molar-refractivity contribution is 8.00. The molecule has 1 aliphatic carbocycles. The van der Waals surface area contributed by atoms with Crippen molar-refractivity contribution in [1.82, 2.24) is 0 Å². The third kappa shape index (κ3) is 3.59. The predicted molar refractivity (Wildman–Crippen MR) is 107 cm³/mol. The van der Waals surface area contributed by atoms with Gasteiger partial charge in [-0.05, 0) is 68.5 Å². The number of hydrogen-bond acceptors (Lipinski definition) is 4. The first-order valence-electron chi connectivity index (χ1n) is 9.22. The van der Waals surface area contributed by atoms with Gasteiger partial charge < -0.3 is 15.7 Å². The van der Waals surface area contributed by atoms with Crippen LogP contribution in [-0.2, 0) is 0 Å². The molecule has 2 atom stereocenters. The maximum absolute atomic E-state index is 9.73. The number of anilines is 2. The van der Waals surface area contributed by atoms with Crippen LogP contribution in [0.2, 0.25) is 0 Å². The van der Waals surface area contributed by atoms with Gasteiger partial charge in [0.25, 0.3) is 0 Å². The minimum Gasteiger partial charge on any atom is -0.508 e. The van der Waals surface area contributed by atoms with Gasteiger partial charge in [-0.3, -0.25) is 0 Å². The van der Waals surface area contributed by atoms with Crippen molar-refractivity contribution < 1.29 is 5.11 Å². The Balaban J connectivity index is 1.51. The van der Waals surface area contributed by atoms with E-state index in [1.165, 1.54) is 42.7 Å². The molecule has 4 heteroatoms. The molecule has 2 aliphatic rings. The molecule has 0 amide bonds. The van der Waals surface area contributed by atoms with Crippen LogP contribution in [-0.4, -0.2) is 22.4 Å². The number of para-hydroxylation sites is 1. The number of rotatable bonds is 2. The molecule has 2 aromatic rings. The molecule has 1 unspecified atom stereocenters. The summed E-state index contributed by atoms with van der Waals surface area (Å²) in [5.74, 6) is 0.368. The highest BCUT2D eigenvalue weighted by Crippen LogP contribution is 2.50. The lowest BCUT2D eigenvalue weighted by atomic mass is 9.82. The Morgan fingerprint density at radius 3 is 2.96 bits per heavy atom. The molecule has 0 bridgehead atoms. The highest BCUT2D eigenvalue weighted by Gasteiger charge is 2.38. The zero-order valence-corrected chi connectivity index (χ0v) is 15.5. The summed E-state index contributed by atoms with van der Waals surface area (Å²) < 4.78 is 0.321. The van der Waals surface area contributed by atoms with Gasteiger partial charge in [0.15, 0.2) is 0 Å². The van der Waals surface area contributed by atoms with E-state index in [9.17, 15) is 5.11 Å². The van der Waals surface area contributed by atoms with Crippen molar-refractivity contribution in [3.8, 4) is 5.75 Å². The third-order valence-electron chi connectivity index (χ3n) is 5.48. The van der Waals surface area contributed by atoms with Crippen molar-refractivity contribution in [2.24, 2.45) is 0 Å². The molecule has 4 rings (SSSR count). The molecule has 0 saturated heterocycles. The molecule has 1 heterocycles. The van der Waals surface area contributed by atoms with Crippen LogP contribution in [0.1, 0.15) is 37.7 Å². The van der Waals surface area contributed by atoms with Crippen molar-refractivity contribution in [2.45, 2.75) is 54.7 Å². The molecular formula is C21H26N2OS. The molecule has 1 fully saturated rings. The normalized spacial score (nSPS) is 25.7. The molecule has 0 aromatic heterocycles. The van der Waals surface area contributed by atoms with Crippen LogP contribution < -0.4 is 10.6 Å². The zero-order valence-electron chi connectivity index (χ0n) is 14.7. The van der Waals surface area contributed by atoms with Crippen molar-refractivity contribution >= 4 is 23.1 Å². The quantitative estimate of drug-likeness (QED) is 0.632. The molecule has 0 radical (unpaired) electrons. The van der Waals surface area contributed by atoms with E-state index in [0.29, 0.717) is 16.5 Å². The summed E-state index contributed by atoms with van der Waals surface area (Å²) in [7, 11) is 0. The number of nitrogens with one attached hydrogen (secondary N) is 2. The lowest BCUT2D eigenvalue weighted by Crippen LogP contribution is -2.38. The summed E-state index contributed by atoms with van der Waals surface area (Å²) in [6.07, 6.45) is 6.18. The number of benzene rings is 2. The second-order valence-corrected chi connectivity index (χ2v) is 8.91. The Kier molecular flexibility index (Phi) is 4.55. The van der Waals surface area contributed by atoms with Crippen molar-refractivity contribution in [3.63, 3.8) is 0 Å². The number of fused-ring (bicyclic) bond motifs is 1. The molecular weight excluding hydrogens is 328 g/mol. The number of aryl methyl sites for hydroxylation is 1. The maximum Gasteiger partial charge on any atom is 0.118 e. The Morgan fingerprint density at radius 2 is 2.08 bits per heavy atom. The van der Waals surface area contributed by atoms with E-state index in [1.54, 1.807) is 6.07 Å². The molecule has 1 saturated carbocycles. The summed E-state index contributed by atoms with van der Waals surface area (Å²) in [6, 6.07) is 15.0. The van der Waals surface area contributed by atoms with Gasteiger partial charge in [-0.15, -0.1) is 11.8 Å². The predicted octanol–water partition coefficient (Wildman–Crippen LogP) is 5.40. The largest absolute Gasteiger partial charge is 0.508 e. The van der Waals surface area contributed by atoms with Crippen LogP contribution in [0.3, 0.4) is 0 Å². The Hall–Kier alpha value is -1.81. The van der Waals surface area contributed by atoms with Crippen molar-refractivity contribution in [3.05, 3.63) is 48.0 Å². The standard InChI is InChI=1S/C21H26N2OS/c1-15-13-16(8-9-19(15)24)23-17-5-4-10-21(14-17)11-12-22-18-6-2-3-7-20(18)25-21/h2-3,6-9,13,17,22-24H,4-5,10-12,14H2,1H3/t17-,21?/m0/s1. The smallest absolute Gasteiger partial charge is 0.118 e. The van der Waals surface area contributed by atoms with Gasteiger partial charge in [0.05, 0.1) is 0 Å². The lowest BCUT2D eigenvalue weighted by Gasteiger charge is -2.40. The van der Waals surface area contributed by atoms with Gasteiger partial charge in [-0.1, -0.05) is 18.6 Å². The first kappa shape index (κ1) is 16.6. The summed E-state index contributed by atoms with van der Waals surface area (Å²) in [4.78, 5) is 1.39. The summed E-state index contributed by atoms with van der Waals surface area (Å²) >= 11 is 2.08. The van der Waals surface area contributed by atoms with Gasteiger partial charge in [0, 0.05) is 33.6 Å². The lowest BCUT2D eigenvalue weighted by molar-refractivity contribution is 0.360. The van der Waals surface area contributed by atoms with Crippen molar-refractivity contribution in [1.29, 1.82) is 0 Å². The number of aromatic hydroxyl groups is 1. The van der Waals surface area contributed by atoms with Gasteiger partial charge in [-0.25, -0.2) is 0 Å². The minimum atomic E-state index is 0.321. The summed E-state index contributed by atoms with van der Waals surface area (Å²) in [5, 5.41) is 17.1. The molecule has 3 N–H and O–H groups in total. The van der Waals surface area contributed by atoms with Crippen LogP contribution in [0.5, 0.6) is 5.75 Å². The molecule has 25 heavy (non-hydrogen) atoms. The second-order valence-electron chi connectivity index (χ2n) is 7.40. The average Bonchev–Trinajstić information content (AvgIpc) is 2.77. The zero-order chi connectivity index (χ0) is 17.3. The number of phenolic OH excluding ortho intramolecular Hbond substituents is 1. The van der Waals surface area contributed by atoms with Gasteiger partial charge in [0.1, 0.15) is 5.75 Å². The molecule has 2 aromatic carbocycles. The molecule has 1 spiro atoms.